The van der Waals surface area contributed by atoms with Gasteiger partial charge in [0.1, 0.15) is 4.34 Å². The average molecular weight is 416 g/mol. The van der Waals surface area contributed by atoms with E-state index in [1.165, 1.54) is 7.11 Å². The molecule has 8 heteroatoms. The summed E-state index contributed by atoms with van der Waals surface area (Å²) in [6, 6.07) is 9.00. The first-order valence-corrected chi connectivity index (χ1v) is 11.0. The number of carbonyl (C=O) groups excluding carboxylic acids is 2. The number of ether oxygens (including phenoxy) is 1. The van der Waals surface area contributed by atoms with Crippen molar-refractivity contribution in [1.29, 1.82) is 0 Å². The highest BCUT2D eigenvalue weighted by atomic mass is 32.2. The van der Waals surface area contributed by atoms with Gasteiger partial charge in [0.05, 0.1) is 18.7 Å². The lowest BCUT2D eigenvalue weighted by atomic mass is 9.95. The van der Waals surface area contributed by atoms with E-state index in [1.54, 1.807) is 28.0 Å². The van der Waals surface area contributed by atoms with Gasteiger partial charge in [-0.3, -0.25) is 4.90 Å². The van der Waals surface area contributed by atoms with E-state index in [4.69, 9.17) is 4.74 Å². The summed E-state index contributed by atoms with van der Waals surface area (Å²) in [6.07, 6.45) is 1.89. The molecule has 0 bridgehead atoms. The molecule has 0 radical (unpaired) electrons. The third-order valence-electron chi connectivity index (χ3n) is 4.76. The van der Waals surface area contributed by atoms with E-state index in [0.717, 1.165) is 34.1 Å². The number of hydrogen-bond acceptors (Lipinski definition) is 6. The summed E-state index contributed by atoms with van der Waals surface area (Å²) in [5, 5.41) is 5.00. The van der Waals surface area contributed by atoms with Crippen LogP contribution in [0.3, 0.4) is 0 Å². The Hall–Kier alpha value is -2.32. The molecule has 2 amide bonds. The molecule has 2 aliphatic rings. The third kappa shape index (κ3) is 3.79. The van der Waals surface area contributed by atoms with Gasteiger partial charge in [0.2, 0.25) is 0 Å². The number of nitrogens with one attached hydrogen (secondary N) is 1. The number of thiazole rings is 1. The molecule has 1 aromatic heterocycles. The monoisotopic (exact) mass is 415 g/mol. The third-order valence-corrected chi connectivity index (χ3v) is 6.91. The number of hydrogen-bond donors (Lipinski definition) is 1. The molecule has 0 unspecified atom stereocenters. The summed E-state index contributed by atoms with van der Waals surface area (Å²) in [5.41, 5.74) is 3.06. The van der Waals surface area contributed by atoms with Crippen molar-refractivity contribution in [3.8, 4) is 0 Å². The van der Waals surface area contributed by atoms with Gasteiger partial charge < -0.3 is 10.1 Å². The topological polar surface area (TPSA) is 71.5 Å². The Morgan fingerprint density at radius 3 is 2.71 bits per heavy atom. The zero-order valence-electron chi connectivity index (χ0n) is 15.7. The minimum atomic E-state index is -0.523. The summed E-state index contributed by atoms with van der Waals surface area (Å²) in [7, 11) is 1.38. The number of urea groups is 1. The Morgan fingerprint density at radius 1 is 1.36 bits per heavy atom. The highest BCUT2D eigenvalue weighted by Crippen LogP contribution is 2.40. The van der Waals surface area contributed by atoms with Crippen LogP contribution in [0.5, 0.6) is 0 Å². The predicted molar refractivity (Wildman–Crippen MR) is 109 cm³/mol. The zero-order valence-corrected chi connectivity index (χ0v) is 17.3. The molecule has 1 aliphatic heterocycles. The van der Waals surface area contributed by atoms with Gasteiger partial charge in [-0.15, -0.1) is 11.3 Å². The molecule has 6 nitrogen and oxygen atoms in total. The molecule has 0 saturated heterocycles. The lowest BCUT2D eigenvalue weighted by molar-refractivity contribution is -0.136. The molecular weight excluding hydrogens is 394 g/mol. The lowest BCUT2D eigenvalue weighted by Crippen LogP contribution is -2.50. The number of thioether (sulfide) groups is 1. The van der Waals surface area contributed by atoms with Gasteiger partial charge >= 0.3 is 12.0 Å². The smallest absolute Gasteiger partial charge is 0.338 e. The number of esters is 1. The van der Waals surface area contributed by atoms with Crippen LogP contribution < -0.4 is 5.32 Å². The Balaban J connectivity index is 1.76. The Bertz CT molecular complexity index is 922. The molecule has 1 atom stereocenters. The van der Waals surface area contributed by atoms with Crippen molar-refractivity contribution in [3.05, 3.63) is 58.2 Å². The zero-order chi connectivity index (χ0) is 19.7. The van der Waals surface area contributed by atoms with Crippen molar-refractivity contribution in [2.24, 2.45) is 0 Å². The van der Waals surface area contributed by atoms with Crippen molar-refractivity contribution in [3.63, 3.8) is 0 Å². The van der Waals surface area contributed by atoms with Crippen LogP contribution in [-0.4, -0.2) is 40.8 Å². The van der Waals surface area contributed by atoms with E-state index in [1.807, 2.05) is 42.6 Å². The van der Waals surface area contributed by atoms with Crippen molar-refractivity contribution in [2.75, 3.05) is 12.9 Å². The van der Waals surface area contributed by atoms with Crippen LogP contribution in [0.2, 0.25) is 0 Å². The maximum Gasteiger partial charge on any atom is 0.338 e. The molecular formula is C20H21N3O3S2. The standard InChI is InChI=1S/C20H21N3O3S2/c1-12-10-27-20(21-12)28-11-15-16(18(24)26-2)17(13-6-4-3-5-7-13)22-19(25)23(15)14-8-9-14/h3-7,10,14,17H,8-9,11H2,1-2H3,(H,22,25)/t17-/m1/s1. The second kappa shape index (κ2) is 7.97. The largest absolute Gasteiger partial charge is 0.466 e. The summed E-state index contributed by atoms with van der Waals surface area (Å²) < 4.78 is 6.04. The fourth-order valence-electron chi connectivity index (χ4n) is 3.32. The number of methoxy groups -OCH3 is 1. The normalized spacial score (nSPS) is 19.6. The van der Waals surface area contributed by atoms with E-state index in [-0.39, 0.29) is 12.1 Å². The fourth-order valence-corrected chi connectivity index (χ4v) is 5.20. The van der Waals surface area contributed by atoms with Crippen molar-refractivity contribution >= 4 is 35.1 Å². The van der Waals surface area contributed by atoms with Gasteiger partial charge in [-0.05, 0) is 25.3 Å². The highest BCUT2D eigenvalue weighted by molar-refractivity contribution is 8.01. The maximum absolute atomic E-state index is 12.9. The van der Waals surface area contributed by atoms with E-state index in [2.05, 4.69) is 10.3 Å². The molecule has 4 rings (SSSR count). The number of rotatable bonds is 6. The van der Waals surface area contributed by atoms with Gasteiger partial charge in [-0.1, -0.05) is 42.1 Å². The van der Waals surface area contributed by atoms with Gasteiger partial charge in [0, 0.05) is 28.6 Å². The molecule has 1 N–H and O–H groups in total. The number of nitrogens with zero attached hydrogens (tertiary/aromatic N) is 2. The highest BCUT2D eigenvalue weighted by Gasteiger charge is 2.43. The summed E-state index contributed by atoms with van der Waals surface area (Å²) in [4.78, 5) is 32.0. The molecule has 1 fully saturated rings. The fraction of sp³-hybridized carbons (Fsp3) is 0.350. The second-order valence-corrected chi connectivity index (χ2v) is 8.87. The first kappa shape index (κ1) is 19.0. The maximum atomic E-state index is 12.9. The van der Waals surface area contributed by atoms with E-state index in [0.29, 0.717) is 11.3 Å². The van der Waals surface area contributed by atoms with Crippen LogP contribution in [0.4, 0.5) is 4.79 Å². The first-order valence-electron chi connectivity index (χ1n) is 9.09. The minimum Gasteiger partial charge on any atom is -0.466 e. The molecule has 146 valence electrons. The average Bonchev–Trinajstić information content (AvgIpc) is 3.46. The number of amides is 2. The van der Waals surface area contributed by atoms with Crippen molar-refractivity contribution in [1.82, 2.24) is 15.2 Å². The summed E-state index contributed by atoms with van der Waals surface area (Å²) in [5.74, 6) is 0.0791. The van der Waals surface area contributed by atoms with Crippen molar-refractivity contribution < 1.29 is 14.3 Å². The molecule has 2 heterocycles. The molecule has 1 aliphatic carbocycles. The second-order valence-electron chi connectivity index (χ2n) is 6.79. The molecule has 0 spiro atoms. The predicted octanol–water partition coefficient (Wildman–Crippen LogP) is 3.90. The van der Waals surface area contributed by atoms with E-state index < -0.39 is 12.0 Å². The molecule has 1 aromatic carbocycles. The Kier molecular flexibility index (Phi) is 5.41. The first-order chi connectivity index (χ1) is 13.6. The van der Waals surface area contributed by atoms with Crippen LogP contribution in [0, 0.1) is 6.92 Å². The van der Waals surface area contributed by atoms with Gasteiger partial charge in [0.25, 0.3) is 0 Å². The summed E-state index contributed by atoms with van der Waals surface area (Å²) >= 11 is 3.12. The van der Waals surface area contributed by atoms with Crippen LogP contribution >= 0.6 is 23.1 Å². The number of aromatic nitrogens is 1. The van der Waals surface area contributed by atoms with E-state index in [9.17, 15) is 9.59 Å². The number of benzene rings is 1. The van der Waals surface area contributed by atoms with Crippen LogP contribution in [0.25, 0.3) is 0 Å². The Labute approximate surface area is 172 Å². The SMILES string of the molecule is COC(=O)C1=C(CSc2nc(C)cs2)N(C2CC2)C(=O)N[C@@H]1c1ccccc1. The van der Waals surface area contributed by atoms with Gasteiger partial charge in [-0.25, -0.2) is 14.6 Å². The molecule has 2 aromatic rings. The minimum absolute atomic E-state index is 0.144. The van der Waals surface area contributed by atoms with Gasteiger partial charge in [-0.2, -0.15) is 0 Å². The lowest BCUT2D eigenvalue weighted by Gasteiger charge is -2.36. The quantitative estimate of drug-likeness (QED) is 0.572. The molecule has 28 heavy (non-hydrogen) atoms. The van der Waals surface area contributed by atoms with Crippen LogP contribution in [-0.2, 0) is 9.53 Å². The van der Waals surface area contributed by atoms with Crippen molar-refractivity contribution in [2.45, 2.75) is 36.2 Å². The van der Waals surface area contributed by atoms with Gasteiger partial charge in [0.15, 0.2) is 0 Å². The van der Waals surface area contributed by atoms with Crippen LogP contribution in [0.1, 0.15) is 30.1 Å². The molecule has 1 saturated carbocycles. The van der Waals surface area contributed by atoms with Crippen LogP contribution in [0.15, 0.2) is 51.3 Å². The summed E-state index contributed by atoms with van der Waals surface area (Å²) in [6.45, 7) is 1.95. The Morgan fingerprint density at radius 2 is 2.11 bits per heavy atom. The number of carbonyl (C=O) groups is 2. The number of aryl methyl sites for hydroxylation is 1. The van der Waals surface area contributed by atoms with E-state index >= 15 is 0 Å².